The summed E-state index contributed by atoms with van der Waals surface area (Å²) in [6.07, 6.45) is 2.71. The minimum Gasteiger partial charge on any atom is -0.383 e. The Kier molecular flexibility index (Phi) is 5.17. The molecule has 0 bridgehead atoms. The fraction of sp³-hybridized carbons (Fsp3) is 0.111. The lowest BCUT2D eigenvalue weighted by atomic mass is 10.1. The van der Waals surface area contributed by atoms with Gasteiger partial charge in [0.2, 0.25) is 0 Å². The Morgan fingerprint density at radius 2 is 1.77 bits per heavy atom. The molecule has 5 nitrogen and oxygen atoms in total. The molecule has 2 aromatic rings. The van der Waals surface area contributed by atoms with E-state index in [9.17, 15) is 13.2 Å². The molecule has 0 unspecified atom stereocenters. The Hall–Kier alpha value is -2.16. The number of hydrogen-bond acceptors (Lipinski definition) is 6. The second-order valence-corrected chi connectivity index (χ2v) is 8.91. The third-order valence-corrected chi connectivity index (χ3v) is 5.37. The third-order valence-electron chi connectivity index (χ3n) is 3.58. The van der Waals surface area contributed by atoms with Crippen LogP contribution in [-0.2, 0) is 14.9 Å². The van der Waals surface area contributed by atoms with Gasteiger partial charge in [-0.1, -0.05) is 54.3 Å². The van der Waals surface area contributed by atoms with Crippen molar-refractivity contribution in [2.45, 2.75) is 6.92 Å². The van der Waals surface area contributed by atoms with Gasteiger partial charge in [-0.15, -0.1) is 0 Å². The average Bonchev–Trinajstić information content (AvgIpc) is 2.83. The maximum absolute atomic E-state index is 12.8. The van der Waals surface area contributed by atoms with Crippen molar-refractivity contribution in [3.8, 4) is 5.75 Å². The van der Waals surface area contributed by atoms with Crippen LogP contribution in [0, 0.1) is 6.92 Å². The van der Waals surface area contributed by atoms with Gasteiger partial charge in [-0.3, -0.25) is 9.69 Å². The van der Waals surface area contributed by atoms with Crippen molar-refractivity contribution in [3.05, 3.63) is 64.6 Å². The Morgan fingerprint density at radius 1 is 1.12 bits per heavy atom. The number of amides is 1. The van der Waals surface area contributed by atoms with Crippen LogP contribution in [0.1, 0.15) is 11.1 Å². The predicted octanol–water partition coefficient (Wildman–Crippen LogP) is 3.74. The van der Waals surface area contributed by atoms with E-state index in [0.717, 1.165) is 23.1 Å². The molecule has 1 aliphatic rings. The first-order chi connectivity index (χ1) is 12.2. The molecule has 3 rings (SSSR count). The normalized spacial score (nSPS) is 16.4. The molecule has 0 aliphatic carbocycles. The van der Waals surface area contributed by atoms with Gasteiger partial charge in [0.05, 0.1) is 16.8 Å². The van der Waals surface area contributed by atoms with Gasteiger partial charge in [0.15, 0.2) is 4.32 Å². The van der Waals surface area contributed by atoms with Gasteiger partial charge in [0, 0.05) is 0 Å². The number of rotatable bonds is 4. The van der Waals surface area contributed by atoms with Gasteiger partial charge < -0.3 is 4.18 Å². The maximum Gasteiger partial charge on any atom is 0.306 e. The molecule has 1 amide bonds. The van der Waals surface area contributed by atoms with E-state index in [1.54, 1.807) is 18.2 Å². The van der Waals surface area contributed by atoms with Gasteiger partial charge >= 0.3 is 10.1 Å². The number of para-hydroxylation sites is 1. The fourth-order valence-electron chi connectivity index (χ4n) is 2.44. The number of thioether (sulfide) groups is 1. The van der Waals surface area contributed by atoms with Crippen molar-refractivity contribution in [3.63, 3.8) is 0 Å². The smallest absolute Gasteiger partial charge is 0.306 e. The van der Waals surface area contributed by atoms with Crippen molar-refractivity contribution in [2.75, 3.05) is 11.2 Å². The lowest BCUT2D eigenvalue weighted by Crippen LogP contribution is -2.28. The third kappa shape index (κ3) is 4.14. The van der Waals surface area contributed by atoms with Crippen LogP contribution in [0.5, 0.6) is 5.75 Å². The lowest BCUT2D eigenvalue weighted by Gasteiger charge is -2.16. The second-order valence-electron chi connectivity index (χ2n) is 5.66. The van der Waals surface area contributed by atoms with E-state index < -0.39 is 10.1 Å². The summed E-state index contributed by atoms with van der Waals surface area (Å²) < 4.78 is 27.6. The van der Waals surface area contributed by atoms with Crippen LogP contribution < -0.4 is 9.08 Å². The number of carbonyl (C=O) groups excluding carboxylic acids is 1. The first kappa shape index (κ1) is 18.6. The zero-order chi connectivity index (χ0) is 18.9. The number of hydrogen-bond donors (Lipinski definition) is 0. The molecule has 0 N–H and O–H groups in total. The Balaban J connectivity index is 1.85. The summed E-state index contributed by atoms with van der Waals surface area (Å²) in [6, 6.07) is 14.0. The Morgan fingerprint density at radius 3 is 2.38 bits per heavy atom. The molecule has 8 heteroatoms. The first-order valence-corrected chi connectivity index (χ1v) is 10.6. The van der Waals surface area contributed by atoms with Crippen molar-refractivity contribution in [2.24, 2.45) is 0 Å². The monoisotopic (exact) mass is 405 g/mol. The first-order valence-electron chi connectivity index (χ1n) is 7.58. The van der Waals surface area contributed by atoms with E-state index in [-0.39, 0.29) is 11.7 Å². The highest BCUT2D eigenvalue weighted by Gasteiger charge is 2.33. The molecule has 0 atom stereocenters. The highest BCUT2D eigenvalue weighted by atomic mass is 32.2. The number of aryl methyl sites for hydroxylation is 1. The standard InChI is InChI=1S/C18H15NO4S3/c1-12-5-3-4-6-15(12)19-17(20)16(25-18(19)24)11-13-7-9-14(10-8-13)23-26(2,21)22/h3-11H,1-2H3/b16-11-. The van der Waals surface area contributed by atoms with Crippen molar-refractivity contribution in [1.82, 2.24) is 0 Å². The van der Waals surface area contributed by atoms with E-state index in [1.807, 2.05) is 31.2 Å². The van der Waals surface area contributed by atoms with Crippen LogP contribution >= 0.6 is 24.0 Å². The lowest BCUT2D eigenvalue weighted by molar-refractivity contribution is -0.113. The summed E-state index contributed by atoms with van der Waals surface area (Å²) in [5.41, 5.74) is 2.48. The van der Waals surface area contributed by atoms with E-state index >= 15 is 0 Å². The molecule has 1 saturated heterocycles. The van der Waals surface area contributed by atoms with E-state index in [2.05, 4.69) is 0 Å². The average molecular weight is 406 g/mol. The minimum absolute atomic E-state index is 0.175. The quantitative estimate of drug-likeness (QED) is 0.439. The molecule has 0 aromatic heterocycles. The van der Waals surface area contributed by atoms with Crippen LogP contribution in [0.25, 0.3) is 6.08 Å². The molecular formula is C18H15NO4S3. The van der Waals surface area contributed by atoms with Gasteiger partial charge in [-0.2, -0.15) is 8.42 Å². The van der Waals surface area contributed by atoms with Crippen LogP contribution in [-0.4, -0.2) is 24.9 Å². The SMILES string of the molecule is Cc1ccccc1N1C(=O)/C(=C/c2ccc(OS(C)(=O)=O)cc2)SC1=S. The summed E-state index contributed by atoms with van der Waals surface area (Å²) in [5.74, 6) is 0.0443. The topological polar surface area (TPSA) is 63.7 Å². The highest BCUT2D eigenvalue weighted by Crippen LogP contribution is 2.37. The molecule has 26 heavy (non-hydrogen) atoms. The number of carbonyl (C=O) groups is 1. The molecular weight excluding hydrogens is 390 g/mol. The highest BCUT2D eigenvalue weighted by molar-refractivity contribution is 8.27. The van der Waals surface area contributed by atoms with Crippen molar-refractivity contribution >= 4 is 56.1 Å². The van der Waals surface area contributed by atoms with Gasteiger partial charge in [-0.25, -0.2) is 0 Å². The van der Waals surface area contributed by atoms with Crippen molar-refractivity contribution < 1.29 is 17.4 Å². The summed E-state index contributed by atoms with van der Waals surface area (Å²) in [5, 5.41) is 0. The maximum atomic E-state index is 12.8. The summed E-state index contributed by atoms with van der Waals surface area (Å²) >= 11 is 6.61. The van der Waals surface area contributed by atoms with E-state index in [4.69, 9.17) is 16.4 Å². The summed E-state index contributed by atoms with van der Waals surface area (Å²) in [7, 11) is -3.57. The van der Waals surface area contributed by atoms with E-state index in [1.165, 1.54) is 28.8 Å². The zero-order valence-electron chi connectivity index (χ0n) is 14.0. The minimum atomic E-state index is -3.57. The molecule has 2 aromatic carbocycles. The van der Waals surface area contributed by atoms with Crippen LogP contribution in [0.15, 0.2) is 53.4 Å². The molecule has 1 aliphatic heterocycles. The number of thiocarbonyl (C=S) groups is 1. The molecule has 0 saturated carbocycles. The Labute approximate surface area is 161 Å². The van der Waals surface area contributed by atoms with Gasteiger partial charge in [0.25, 0.3) is 5.91 Å². The van der Waals surface area contributed by atoms with Crippen molar-refractivity contribution in [1.29, 1.82) is 0 Å². The van der Waals surface area contributed by atoms with Crippen LogP contribution in [0.3, 0.4) is 0 Å². The zero-order valence-corrected chi connectivity index (χ0v) is 16.5. The molecule has 0 radical (unpaired) electrons. The summed E-state index contributed by atoms with van der Waals surface area (Å²) in [6.45, 7) is 1.93. The fourth-order valence-corrected chi connectivity index (χ4v) is 4.18. The second kappa shape index (κ2) is 7.22. The summed E-state index contributed by atoms with van der Waals surface area (Å²) in [4.78, 5) is 14.8. The van der Waals surface area contributed by atoms with Crippen LogP contribution in [0.2, 0.25) is 0 Å². The van der Waals surface area contributed by atoms with Crippen LogP contribution in [0.4, 0.5) is 5.69 Å². The van der Waals surface area contributed by atoms with E-state index in [0.29, 0.717) is 9.23 Å². The Bertz CT molecular complexity index is 1010. The molecule has 1 heterocycles. The van der Waals surface area contributed by atoms with Gasteiger partial charge in [-0.05, 0) is 42.3 Å². The predicted molar refractivity (Wildman–Crippen MR) is 109 cm³/mol. The molecule has 1 fully saturated rings. The number of nitrogens with zero attached hydrogens (tertiary/aromatic N) is 1. The number of anilines is 1. The number of benzene rings is 2. The molecule has 134 valence electrons. The molecule has 0 spiro atoms. The largest absolute Gasteiger partial charge is 0.383 e. The van der Waals surface area contributed by atoms with Gasteiger partial charge in [0.1, 0.15) is 5.75 Å².